The summed E-state index contributed by atoms with van der Waals surface area (Å²) in [6, 6.07) is 7.52. The van der Waals surface area contributed by atoms with Crippen LogP contribution in [0, 0.1) is 25.2 Å². The van der Waals surface area contributed by atoms with Crippen LogP contribution in [0.1, 0.15) is 35.6 Å². The van der Waals surface area contributed by atoms with Crippen molar-refractivity contribution in [1.29, 1.82) is 5.26 Å². The molecule has 0 saturated carbocycles. The Morgan fingerprint density at radius 3 is 3.00 bits per heavy atom. The standard InChI is InChI=1S/C20H23N3O3/c1-14-9-16(15(2)23(14)13-19-6-4-8-26-19)10-17(11-21)20(24)22-12-18-5-3-7-25-18/h3,5,7,9-10,19H,4,6,8,12-13H2,1-2H3,(H,22,24)/b17-10+/t19-/m1/s1. The van der Waals surface area contributed by atoms with Gasteiger partial charge < -0.3 is 19.0 Å². The van der Waals surface area contributed by atoms with Crippen molar-refractivity contribution in [2.24, 2.45) is 0 Å². The number of aromatic nitrogens is 1. The van der Waals surface area contributed by atoms with E-state index in [1.54, 1.807) is 24.5 Å². The molecule has 0 radical (unpaired) electrons. The van der Waals surface area contributed by atoms with Crippen LogP contribution in [0.25, 0.3) is 6.08 Å². The van der Waals surface area contributed by atoms with Gasteiger partial charge in [-0.05, 0) is 56.5 Å². The molecule has 0 aromatic carbocycles. The average Bonchev–Trinajstić information content (AvgIpc) is 3.37. The van der Waals surface area contributed by atoms with Crippen LogP contribution in [0.4, 0.5) is 0 Å². The number of furan rings is 1. The summed E-state index contributed by atoms with van der Waals surface area (Å²) < 4.78 is 13.1. The molecule has 0 spiro atoms. The summed E-state index contributed by atoms with van der Waals surface area (Å²) in [7, 11) is 0. The lowest BCUT2D eigenvalue weighted by molar-refractivity contribution is -0.117. The number of hydrogen-bond donors (Lipinski definition) is 1. The van der Waals surface area contributed by atoms with Crippen molar-refractivity contribution >= 4 is 12.0 Å². The van der Waals surface area contributed by atoms with Crippen molar-refractivity contribution in [1.82, 2.24) is 9.88 Å². The van der Waals surface area contributed by atoms with E-state index in [9.17, 15) is 10.1 Å². The first kappa shape index (κ1) is 18.0. The van der Waals surface area contributed by atoms with Crippen molar-refractivity contribution in [3.05, 3.63) is 52.7 Å². The van der Waals surface area contributed by atoms with E-state index in [0.717, 1.165) is 42.9 Å². The number of aryl methyl sites for hydroxylation is 1. The summed E-state index contributed by atoms with van der Waals surface area (Å²) in [6.45, 7) is 5.91. The first-order valence-corrected chi connectivity index (χ1v) is 8.79. The van der Waals surface area contributed by atoms with E-state index in [1.807, 2.05) is 26.0 Å². The molecule has 0 unspecified atom stereocenters. The van der Waals surface area contributed by atoms with Crippen LogP contribution in [0.3, 0.4) is 0 Å². The number of nitriles is 1. The predicted molar refractivity (Wildman–Crippen MR) is 97.0 cm³/mol. The number of nitrogens with one attached hydrogen (secondary N) is 1. The quantitative estimate of drug-likeness (QED) is 0.639. The predicted octanol–water partition coefficient (Wildman–Crippen LogP) is 3.10. The maximum Gasteiger partial charge on any atom is 0.262 e. The fraction of sp³-hybridized carbons (Fsp3) is 0.400. The molecule has 1 N–H and O–H groups in total. The minimum absolute atomic E-state index is 0.0777. The van der Waals surface area contributed by atoms with E-state index in [-0.39, 0.29) is 18.2 Å². The molecule has 3 rings (SSSR count). The Morgan fingerprint density at radius 1 is 1.50 bits per heavy atom. The molecular weight excluding hydrogens is 330 g/mol. The molecule has 136 valence electrons. The van der Waals surface area contributed by atoms with Gasteiger partial charge in [0.1, 0.15) is 17.4 Å². The van der Waals surface area contributed by atoms with Crippen molar-refractivity contribution in [3.8, 4) is 6.07 Å². The summed E-state index contributed by atoms with van der Waals surface area (Å²) in [4.78, 5) is 12.3. The van der Waals surface area contributed by atoms with Gasteiger partial charge in [-0.15, -0.1) is 0 Å². The van der Waals surface area contributed by atoms with Crippen LogP contribution < -0.4 is 5.32 Å². The SMILES string of the molecule is Cc1cc(/C=C(\C#N)C(=O)NCc2ccco2)c(C)n1C[C@H]1CCCO1. The van der Waals surface area contributed by atoms with Crippen LogP contribution in [-0.4, -0.2) is 23.2 Å². The smallest absolute Gasteiger partial charge is 0.262 e. The molecule has 2 aromatic heterocycles. The zero-order chi connectivity index (χ0) is 18.5. The van der Waals surface area contributed by atoms with Crippen molar-refractivity contribution in [3.63, 3.8) is 0 Å². The molecular formula is C20H23N3O3. The third-order valence-electron chi connectivity index (χ3n) is 4.69. The van der Waals surface area contributed by atoms with Gasteiger partial charge in [0.2, 0.25) is 0 Å². The average molecular weight is 353 g/mol. The maximum absolute atomic E-state index is 12.3. The monoisotopic (exact) mass is 353 g/mol. The minimum atomic E-state index is -0.409. The number of rotatable bonds is 6. The molecule has 1 fully saturated rings. The molecule has 6 heteroatoms. The fourth-order valence-corrected chi connectivity index (χ4v) is 3.23. The highest BCUT2D eigenvalue weighted by molar-refractivity contribution is 6.01. The Kier molecular flexibility index (Phi) is 5.59. The van der Waals surface area contributed by atoms with Gasteiger partial charge in [-0.2, -0.15) is 5.26 Å². The molecule has 6 nitrogen and oxygen atoms in total. The van der Waals surface area contributed by atoms with Crippen LogP contribution in [0.15, 0.2) is 34.5 Å². The van der Waals surface area contributed by atoms with Gasteiger partial charge >= 0.3 is 0 Å². The third-order valence-corrected chi connectivity index (χ3v) is 4.69. The summed E-state index contributed by atoms with van der Waals surface area (Å²) in [5.74, 6) is 0.234. The lowest BCUT2D eigenvalue weighted by Gasteiger charge is -2.14. The van der Waals surface area contributed by atoms with Crippen LogP contribution in [0.2, 0.25) is 0 Å². The van der Waals surface area contributed by atoms with Gasteiger partial charge in [-0.1, -0.05) is 0 Å². The summed E-state index contributed by atoms with van der Waals surface area (Å²) in [5.41, 5.74) is 3.08. The first-order chi connectivity index (χ1) is 12.6. The van der Waals surface area contributed by atoms with E-state index in [1.165, 1.54) is 0 Å². The highest BCUT2D eigenvalue weighted by atomic mass is 16.5. The normalized spacial score (nSPS) is 17.3. The number of carbonyl (C=O) groups excluding carboxylic acids is 1. The van der Waals surface area contributed by atoms with Crippen molar-refractivity contribution in [2.45, 2.75) is 45.9 Å². The van der Waals surface area contributed by atoms with Crippen LogP contribution in [-0.2, 0) is 22.6 Å². The Hall–Kier alpha value is -2.78. The van der Waals surface area contributed by atoms with Gasteiger partial charge in [0.15, 0.2) is 0 Å². The highest BCUT2D eigenvalue weighted by Gasteiger charge is 2.19. The Morgan fingerprint density at radius 2 is 2.35 bits per heavy atom. The number of ether oxygens (including phenoxy) is 1. The van der Waals surface area contributed by atoms with E-state index >= 15 is 0 Å². The Labute approximate surface area is 153 Å². The number of amides is 1. The van der Waals surface area contributed by atoms with E-state index in [2.05, 4.69) is 9.88 Å². The second-order valence-electron chi connectivity index (χ2n) is 6.50. The number of carbonyl (C=O) groups is 1. The summed E-state index contributed by atoms with van der Waals surface area (Å²) in [6.07, 6.45) is 5.60. The third kappa shape index (κ3) is 4.06. The van der Waals surface area contributed by atoms with Gasteiger partial charge in [0.25, 0.3) is 5.91 Å². The zero-order valence-electron chi connectivity index (χ0n) is 15.1. The molecule has 0 bridgehead atoms. The van der Waals surface area contributed by atoms with Crippen LogP contribution in [0.5, 0.6) is 0 Å². The molecule has 1 saturated heterocycles. The zero-order valence-corrected chi connectivity index (χ0v) is 15.1. The maximum atomic E-state index is 12.3. The molecule has 26 heavy (non-hydrogen) atoms. The number of nitrogens with zero attached hydrogens (tertiary/aromatic N) is 2. The lowest BCUT2D eigenvalue weighted by Crippen LogP contribution is -2.23. The van der Waals surface area contributed by atoms with E-state index in [0.29, 0.717) is 5.76 Å². The lowest BCUT2D eigenvalue weighted by atomic mass is 10.1. The molecule has 1 amide bonds. The molecule has 2 aromatic rings. The Bertz CT molecular complexity index is 835. The van der Waals surface area contributed by atoms with Gasteiger partial charge in [-0.25, -0.2) is 0 Å². The second-order valence-corrected chi connectivity index (χ2v) is 6.50. The molecule has 1 atom stereocenters. The second kappa shape index (κ2) is 8.07. The van der Waals surface area contributed by atoms with Gasteiger partial charge in [0, 0.05) is 24.5 Å². The molecule has 3 heterocycles. The molecule has 1 aliphatic rings. The highest BCUT2D eigenvalue weighted by Crippen LogP contribution is 2.22. The topological polar surface area (TPSA) is 80.2 Å². The van der Waals surface area contributed by atoms with Gasteiger partial charge in [-0.3, -0.25) is 4.79 Å². The van der Waals surface area contributed by atoms with Crippen LogP contribution >= 0.6 is 0 Å². The summed E-state index contributed by atoms with van der Waals surface area (Å²) in [5, 5.41) is 12.1. The Balaban J connectivity index is 1.73. The van der Waals surface area contributed by atoms with E-state index < -0.39 is 5.91 Å². The largest absolute Gasteiger partial charge is 0.467 e. The van der Waals surface area contributed by atoms with Crippen molar-refractivity contribution in [2.75, 3.05) is 6.61 Å². The molecule has 1 aliphatic heterocycles. The minimum Gasteiger partial charge on any atom is -0.467 e. The first-order valence-electron chi connectivity index (χ1n) is 8.79. The van der Waals surface area contributed by atoms with Gasteiger partial charge in [0.05, 0.1) is 18.9 Å². The fourth-order valence-electron chi connectivity index (χ4n) is 3.23. The molecule has 0 aliphatic carbocycles. The number of hydrogen-bond acceptors (Lipinski definition) is 4. The summed E-state index contributed by atoms with van der Waals surface area (Å²) >= 11 is 0. The van der Waals surface area contributed by atoms with E-state index in [4.69, 9.17) is 9.15 Å². The van der Waals surface area contributed by atoms with Crippen molar-refractivity contribution < 1.29 is 13.9 Å².